The molecule has 0 aromatic heterocycles. The quantitative estimate of drug-likeness (QED) is 0.860. The van der Waals surface area contributed by atoms with Crippen molar-refractivity contribution >= 4 is 23.5 Å². The molecule has 1 aliphatic carbocycles. The minimum absolute atomic E-state index is 0.125. The van der Waals surface area contributed by atoms with Gasteiger partial charge in [0.2, 0.25) is 5.91 Å². The molecule has 0 aliphatic heterocycles. The second kappa shape index (κ2) is 5.56. The van der Waals surface area contributed by atoms with Crippen molar-refractivity contribution < 1.29 is 14.0 Å². The number of Topliss-reactive ketones (excluding diaryl/α,β-unsaturated/α-hetero) is 1. The standard InChI is InChI=1S/C18H14FNO2/c1-11(21)20-14-7-5-12(6-8-14)9-13-10-16-15(18(13)22)3-2-4-17(16)19/h2-9H,10H2,1H3,(H,20,21). The van der Waals surface area contributed by atoms with E-state index in [0.29, 0.717) is 28.8 Å². The molecule has 0 atom stereocenters. The van der Waals surface area contributed by atoms with E-state index in [1.54, 1.807) is 30.3 Å². The maximum absolute atomic E-state index is 13.7. The SMILES string of the molecule is CC(=O)Nc1ccc(C=C2Cc3c(F)cccc3C2=O)cc1. The summed E-state index contributed by atoms with van der Waals surface area (Å²) in [5.41, 5.74) is 3.02. The fraction of sp³-hybridized carbons (Fsp3) is 0.111. The van der Waals surface area contributed by atoms with Gasteiger partial charge in [0.1, 0.15) is 5.82 Å². The van der Waals surface area contributed by atoms with E-state index in [-0.39, 0.29) is 17.5 Å². The zero-order chi connectivity index (χ0) is 15.7. The Morgan fingerprint density at radius 2 is 1.91 bits per heavy atom. The normalized spacial score (nSPS) is 15.0. The fourth-order valence-corrected chi connectivity index (χ4v) is 2.58. The van der Waals surface area contributed by atoms with Crippen molar-refractivity contribution in [2.24, 2.45) is 0 Å². The lowest BCUT2D eigenvalue weighted by Gasteiger charge is -2.02. The van der Waals surface area contributed by atoms with E-state index in [1.807, 2.05) is 12.1 Å². The molecular weight excluding hydrogens is 281 g/mol. The highest BCUT2D eigenvalue weighted by molar-refractivity contribution is 6.15. The third kappa shape index (κ3) is 2.68. The molecule has 3 nitrogen and oxygen atoms in total. The van der Waals surface area contributed by atoms with Gasteiger partial charge in [-0.2, -0.15) is 0 Å². The highest BCUT2D eigenvalue weighted by Crippen LogP contribution is 2.29. The zero-order valence-electron chi connectivity index (χ0n) is 12.0. The van der Waals surface area contributed by atoms with Crippen molar-refractivity contribution in [3.63, 3.8) is 0 Å². The highest BCUT2D eigenvalue weighted by Gasteiger charge is 2.26. The fourth-order valence-electron chi connectivity index (χ4n) is 2.58. The molecule has 0 radical (unpaired) electrons. The van der Waals surface area contributed by atoms with Gasteiger partial charge in [-0.05, 0) is 29.8 Å². The van der Waals surface area contributed by atoms with Crippen LogP contribution in [0.15, 0.2) is 48.0 Å². The molecule has 22 heavy (non-hydrogen) atoms. The summed E-state index contributed by atoms with van der Waals surface area (Å²) in [6.45, 7) is 1.44. The number of anilines is 1. The summed E-state index contributed by atoms with van der Waals surface area (Å²) in [4.78, 5) is 23.2. The molecule has 0 unspecified atom stereocenters. The Labute approximate surface area is 127 Å². The monoisotopic (exact) mass is 295 g/mol. The molecule has 0 spiro atoms. The molecule has 0 fully saturated rings. The van der Waals surface area contributed by atoms with E-state index in [1.165, 1.54) is 13.0 Å². The second-order valence-electron chi connectivity index (χ2n) is 5.24. The van der Waals surface area contributed by atoms with E-state index >= 15 is 0 Å². The molecule has 0 bridgehead atoms. The van der Waals surface area contributed by atoms with Gasteiger partial charge in [0.05, 0.1) is 0 Å². The zero-order valence-corrected chi connectivity index (χ0v) is 12.0. The Hall–Kier alpha value is -2.75. The first-order valence-corrected chi connectivity index (χ1v) is 6.95. The third-order valence-electron chi connectivity index (χ3n) is 3.59. The lowest BCUT2D eigenvalue weighted by atomic mass is 10.1. The highest BCUT2D eigenvalue weighted by atomic mass is 19.1. The van der Waals surface area contributed by atoms with Crippen molar-refractivity contribution in [1.82, 2.24) is 0 Å². The van der Waals surface area contributed by atoms with Crippen LogP contribution in [-0.4, -0.2) is 11.7 Å². The number of benzene rings is 2. The maximum Gasteiger partial charge on any atom is 0.221 e. The molecule has 2 aromatic rings. The third-order valence-corrected chi connectivity index (χ3v) is 3.59. The van der Waals surface area contributed by atoms with Gasteiger partial charge in [0.25, 0.3) is 0 Å². The Bertz CT molecular complexity index is 791. The molecule has 2 aromatic carbocycles. The minimum atomic E-state index is -0.338. The summed E-state index contributed by atoms with van der Waals surface area (Å²) in [5, 5.41) is 2.68. The predicted molar refractivity (Wildman–Crippen MR) is 83.2 cm³/mol. The first-order valence-electron chi connectivity index (χ1n) is 6.95. The topological polar surface area (TPSA) is 46.2 Å². The van der Waals surface area contributed by atoms with Crippen LogP contribution in [0.4, 0.5) is 10.1 Å². The summed E-state index contributed by atoms with van der Waals surface area (Å²) in [5.74, 6) is -0.598. The van der Waals surface area contributed by atoms with Crippen LogP contribution in [0.3, 0.4) is 0 Å². The number of hydrogen-bond acceptors (Lipinski definition) is 2. The van der Waals surface area contributed by atoms with Crippen molar-refractivity contribution in [3.05, 3.63) is 70.5 Å². The summed E-state index contributed by atoms with van der Waals surface area (Å²) in [7, 11) is 0. The second-order valence-corrected chi connectivity index (χ2v) is 5.24. The largest absolute Gasteiger partial charge is 0.326 e. The molecule has 0 heterocycles. The molecular formula is C18H14FNO2. The molecule has 110 valence electrons. The minimum Gasteiger partial charge on any atom is -0.326 e. The molecule has 0 saturated heterocycles. The molecule has 1 amide bonds. The number of allylic oxidation sites excluding steroid dienone is 1. The van der Waals surface area contributed by atoms with Gasteiger partial charge in [-0.3, -0.25) is 9.59 Å². The molecule has 1 N–H and O–H groups in total. The van der Waals surface area contributed by atoms with Crippen LogP contribution in [0.5, 0.6) is 0 Å². The van der Waals surface area contributed by atoms with E-state index in [9.17, 15) is 14.0 Å². The summed E-state index contributed by atoms with van der Waals surface area (Å²) in [6.07, 6.45) is 2.08. The molecule has 1 aliphatic rings. The number of hydrogen-bond donors (Lipinski definition) is 1. The lowest BCUT2D eigenvalue weighted by Crippen LogP contribution is -2.05. The van der Waals surface area contributed by atoms with Crippen molar-refractivity contribution in [1.29, 1.82) is 0 Å². The van der Waals surface area contributed by atoms with Gasteiger partial charge in [-0.25, -0.2) is 4.39 Å². The maximum atomic E-state index is 13.7. The van der Waals surface area contributed by atoms with Crippen LogP contribution in [0.2, 0.25) is 0 Å². The number of carbonyl (C=O) groups is 2. The van der Waals surface area contributed by atoms with Gasteiger partial charge in [0, 0.05) is 35.7 Å². The van der Waals surface area contributed by atoms with Crippen molar-refractivity contribution in [3.8, 4) is 0 Å². The van der Waals surface area contributed by atoms with Crippen molar-refractivity contribution in [2.45, 2.75) is 13.3 Å². The lowest BCUT2D eigenvalue weighted by molar-refractivity contribution is -0.114. The van der Waals surface area contributed by atoms with Gasteiger partial charge >= 0.3 is 0 Å². The Balaban J connectivity index is 1.87. The van der Waals surface area contributed by atoms with Crippen LogP contribution in [0.1, 0.15) is 28.4 Å². The van der Waals surface area contributed by atoms with Gasteiger partial charge in [-0.15, -0.1) is 0 Å². The average molecular weight is 295 g/mol. The number of halogens is 1. The van der Waals surface area contributed by atoms with Crippen molar-refractivity contribution in [2.75, 3.05) is 5.32 Å². The van der Waals surface area contributed by atoms with E-state index in [0.717, 1.165) is 5.56 Å². The van der Waals surface area contributed by atoms with E-state index in [4.69, 9.17) is 0 Å². The smallest absolute Gasteiger partial charge is 0.221 e. The molecule has 0 saturated carbocycles. The van der Waals surface area contributed by atoms with Crippen LogP contribution in [0.25, 0.3) is 6.08 Å². The Kier molecular flexibility index (Phi) is 3.59. The number of carbonyl (C=O) groups excluding carboxylic acids is 2. The van der Waals surface area contributed by atoms with Gasteiger partial charge in [0.15, 0.2) is 5.78 Å². The van der Waals surface area contributed by atoms with Gasteiger partial charge in [-0.1, -0.05) is 24.3 Å². The van der Waals surface area contributed by atoms with Crippen LogP contribution < -0.4 is 5.32 Å². The summed E-state index contributed by atoms with van der Waals surface area (Å²) in [6, 6.07) is 11.7. The molecule has 3 rings (SSSR count). The molecule has 4 heteroatoms. The number of ketones is 1. The summed E-state index contributed by atoms with van der Waals surface area (Å²) >= 11 is 0. The first kappa shape index (κ1) is 14.2. The van der Waals surface area contributed by atoms with Crippen LogP contribution in [0, 0.1) is 5.82 Å². The number of amides is 1. The van der Waals surface area contributed by atoms with Crippen LogP contribution >= 0.6 is 0 Å². The average Bonchev–Trinajstić information content (AvgIpc) is 2.79. The van der Waals surface area contributed by atoms with Crippen LogP contribution in [-0.2, 0) is 11.2 Å². The Morgan fingerprint density at radius 3 is 2.55 bits per heavy atom. The van der Waals surface area contributed by atoms with Gasteiger partial charge < -0.3 is 5.32 Å². The first-order chi connectivity index (χ1) is 10.5. The number of fused-ring (bicyclic) bond motifs is 1. The number of rotatable bonds is 2. The summed E-state index contributed by atoms with van der Waals surface area (Å²) < 4.78 is 13.7. The van der Waals surface area contributed by atoms with E-state index in [2.05, 4.69) is 5.32 Å². The van der Waals surface area contributed by atoms with E-state index < -0.39 is 0 Å². The Morgan fingerprint density at radius 1 is 1.18 bits per heavy atom. The predicted octanol–water partition coefficient (Wildman–Crippen LogP) is 3.61. The number of nitrogens with one attached hydrogen (secondary N) is 1.